The summed E-state index contributed by atoms with van der Waals surface area (Å²) in [6.07, 6.45) is 1.47. The number of hydrogen-bond donors (Lipinski definition) is 1. The highest BCUT2D eigenvalue weighted by Gasteiger charge is 2.23. The summed E-state index contributed by atoms with van der Waals surface area (Å²) in [5.41, 5.74) is 1.98. The van der Waals surface area contributed by atoms with Crippen LogP contribution in [0.2, 0.25) is 0 Å². The standard InChI is InChI=1S/C22H23FN4O2/c1-29-21-4-2-3-17(13-21)15-25-16-18(14-24)22(28)27-11-9-26(10-12-27)20-7-5-19(23)6-8-20/h2-8,13,16,25H,9-12,15H2,1H3/b18-16-. The predicted octanol–water partition coefficient (Wildman–Crippen LogP) is 2.68. The van der Waals surface area contributed by atoms with E-state index in [2.05, 4.69) is 10.2 Å². The van der Waals surface area contributed by atoms with Gasteiger partial charge in [0.1, 0.15) is 23.2 Å². The van der Waals surface area contributed by atoms with Crippen LogP contribution in [0.3, 0.4) is 0 Å². The van der Waals surface area contributed by atoms with E-state index in [0.717, 1.165) is 17.0 Å². The van der Waals surface area contributed by atoms with Crippen molar-refractivity contribution < 1.29 is 13.9 Å². The van der Waals surface area contributed by atoms with Gasteiger partial charge in [-0.25, -0.2) is 4.39 Å². The normalized spacial score (nSPS) is 14.3. The first kappa shape index (κ1) is 20.2. The van der Waals surface area contributed by atoms with Gasteiger partial charge in [-0.05, 0) is 42.0 Å². The Morgan fingerprint density at radius 3 is 2.59 bits per heavy atom. The Morgan fingerprint density at radius 2 is 1.93 bits per heavy atom. The van der Waals surface area contributed by atoms with Crippen molar-refractivity contribution in [3.63, 3.8) is 0 Å². The Labute approximate surface area is 169 Å². The zero-order valence-corrected chi connectivity index (χ0v) is 16.3. The molecule has 1 N–H and O–H groups in total. The van der Waals surface area contributed by atoms with E-state index in [1.807, 2.05) is 30.3 Å². The topological polar surface area (TPSA) is 68.6 Å². The van der Waals surface area contributed by atoms with Gasteiger partial charge in [0.05, 0.1) is 7.11 Å². The Kier molecular flexibility index (Phi) is 6.69. The van der Waals surface area contributed by atoms with Gasteiger partial charge in [0.15, 0.2) is 0 Å². The molecule has 29 heavy (non-hydrogen) atoms. The van der Waals surface area contributed by atoms with Crippen LogP contribution in [0, 0.1) is 17.1 Å². The molecule has 0 atom stereocenters. The second kappa shape index (κ2) is 9.60. The van der Waals surface area contributed by atoms with E-state index >= 15 is 0 Å². The van der Waals surface area contributed by atoms with Crippen molar-refractivity contribution in [2.24, 2.45) is 0 Å². The lowest BCUT2D eigenvalue weighted by atomic mass is 10.2. The summed E-state index contributed by atoms with van der Waals surface area (Å²) in [6.45, 7) is 2.75. The number of rotatable bonds is 6. The minimum atomic E-state index is -0.288. The SMILES string of the molecule is COc1cccc(CN/C=C(/C#N)C(=O)N2CCN(c3ccc(F)cc3)CC2)c1. The summed E-state index contributed by atoms with van der Waals surface area (Å²) < 4.78 is 18.3. The van der Waals surface area contributed by atoms with Crippen molar-refractivity contribution in [3.05, 3.63) is 71.7 Å². The number of halogens is 1. The first-order chi connectivity index (χ1) is 14.1. The van der Waals surface area contributed by atoms with Gasteiger partial charge in [0, 0.05) is 44.6 Å². The summed E-state index contributed by atoms with van der Waals surface area (Å²) >= 11 is 0. The molecule has 0 aliphatic carbocycles. The number of piperazine rings is 1. The molecular formula is C22H23FN4O2. The maximum atomic E-state index is 13.1. The van der Waals surface area contributed by atoms with Crippen molar-refractivity contribution in [1.29, 1.82) is 5.26 Å². The lowest BCUT2D eigenvalue weighted by Crippen LogP contribution is -2.49. The average Bonchev–Trinajstić information content (AvgIpc) is 2.77. The molecule has 1 aliphatic heterocycles. The van der Waals surface area contributed by atoms with Gasteiger partial charge < -0.3 is 19.9 Å². The number of carbonyl (C=O) groups is 1. The van der Waals surface area contributed by atoms with Gasteiger partial charge in [-0.15, -0.1) is 0 Å². The van der Waals surface area contributed by atoms with Gasteiger partial charge in [0.25, 0.3) is 5.91 Å². The van der Waals surface area contributed by atoms with Crippen molar-refractivity contribution in [1.82, 2.24) is 10.2 Å². The molecular weight excluding hydrogens is 371 g/mol. The van der Waals surface area contributed by atoms with Crippen LogP contribution in [0.25, 0.3) is 0 Å². The number of methoxy groups -OCH3 is 1. The highest BCUT2D eigenvalue weighted by Crippen LogP contribution is 2.18. The van der Waals surface area contributed by atoms with Crippen molar-refractivity contribution in [2.75, 3.05) is 38.2 Å². The Bertz CT molecular complexity index is 913. The minimum Gasteiger partial charge on any atom is -0.497 e. The molecule has 2 aromatic carbocycles. The Morgan fingerprint density at radius 1 is 1.21 bits per heavy atom. The monoisotopic (exact) mass is 394 g/mol. The molecule has 0 unspecified atom stereocenters. The van der Waals surface area contributed by atoms with Gasteiger partial charge in [0.2, 0.25) is 0 Å². The van der Waals surface area contributed by atoms with Crippen molar-refractivity contribution in [2.45, 2.75) is 6.54 Å². The summed E-state index contributed by atoms with van der Waals surface area (Å²) in [4.78, 5) is 16.4. The fourth-order valence-electron chi connectivity index (χ4n) is 3.19. The third-order valence-electron chi connectivity index (χ3n) is 4.80. The van der Waals surface area contributed by atoms with Crippen LogP contribution < -0.4 is 15.0 Å². The molecule has 0 saturated carbocycles. The summed E-state index contributed by atoms with van der Waals surface area (Å²) in [5.74, 6) is 0.195. The Balaban J connectivity index is 1.54. The minimum absolute atomic E-state index is 0.0723. The number of anilines is 1. The smallest absolute Gasteiger partial charge is 0.266 e. The lowest BCUT2D eigenvalue weighted by Gasteiger charge is -2.36. The molecule has 2 aromatic rings. The maximum absolute atomic E-state index is 13.1. The quantitative estimate of drug-likeness (QED) is 0.603. The van der Waals surface area contributed by atoms with Gasteiger partial charge in [-0.3, -0.25) is 4.79 Å². The van der Waals surface area contributed by atoms with E-state index in [0.29, 0.717) is 32.7 Å². The zero-order valence-electron chi connectivity index (χ0n) is 16.3. The van der Waals surface area contributed by atoms with E-state index in [1.165, 1.54) is 18.3 Å². The summed E-state index contributed by atoms with van der Waals surface area (Å²) in [5, 5.41) is 12.4. The third-order valence-corrected chi connectivity index (χ3v) is 4.80. The number of nitrogens with zero attached hydrogens (tertiary/aromatic N) is 3. The second-order valence-electron chi connectivity index (χ2n) is 6.66. The molecule has 0 radical (unpaired) electrons. The molecule has 3 rings (SSSR count). The number of benzene rings is 2. The molecule has 6 nitrogen and oxygen atoms in total. The molecule has 1 fully saturated rings. The van der Waals surface area contributed by atoms with Crippen LogP contribution in [-0.2, 0) is 11.3 Å². The largest absolute Gasteiger partial charge is 0.497 e. The predicted molar refractivity (Wildman–Crippen MR) is 109 cm³/mol. The van der Waals surface area contributed by atoms with Gasteiger partial charge in [-0.2, -0.15) is 5.26 Å². The van der Waals surface area contributed by atoms with Crippen LogP contribution in [0.1, 0.15) is 5.56 Å². The van der Waals surface area contributed by atoms with E-state index in [-0.39, 0.29) is 17.3 Å². The average molecular weight is 394 g/mol. The second-order valence-corrected chi connectivity index (χ2v) is 6.66. The van der Waals surface area contributed by atoms with Crippen molar-refractivity contribution >= 4 is 11.6 Å². The molecule has 0 bridgehead atoms. The molecule has 0 spiro atoms. The fraction of sp³-hybridized carbons (Fsp3) is 0.273. The molecule has 7 heteroatoms. The number of hydrogen-bond acceptors (Lipinski definition) is 5. The molecule has 1 amide bonds. The zero-order chi connectivity index (χ0) is 20.6. The molecule has 1 heterocycles. The highest BCUT2D eigenvalue weighted by molar-refractivity contribution is 5.97. The van der Waals surface area contributed by atoms with E-state index in [1.54, 1.807) is 24.1 Å². The highest BCUT2D eigenvalue weighted by atomic mass is 19.1. The van der Waals surface area contributed by atoms with Crippen LogP contribution in [0.5, 0.6) is 5.75 Å². The van der Waals surface area contributed by atoms with Crippen LogP contribution in [-0.4, -0.2) is 44.1 Å². The summed E-state index contributed by atoms with van der Waals surface area (Å²) in [7, 11) is 1.61. The van der Waals surface area contributed by atoms with Gasteiger partial charge in [-0.1, -0.05) is 12.1 Å². The van der Waals surface area contributed by atoms with E-state index in [9.17, 15) is 14.4 Å². The first-order valence-corrected chi connectivity index (χ1v) is 9.37. The van der Waals surface area contributed by atoms with Crippen LogP contribution in [0.15, 0.2) is 60.3 Å². The molecule has 1 aliphatic rings. The molecule has 0 aromatic heterocycles. The van der Waals surface area contributed by atoms with Crippen molar-refractivity contribution in [3.8, 4) is 11.8 Å². The van der Waals surface area contributed by atoms with Crippen LogP contribution >= 0.6 is 0 Å². The van der Waals surface area contributed by atoms with Gasteiger partial charge >= 0.3 is 0 Å². The fourth-order valence-corrected chi connectivity index (χ4v) is 3.19. The first-order valence-electron chi connectivity index (χ1n) is 9.37. The van der Waals surface area contributed by atoms with E-state index in [4.69, 9.17) is 4.74 Å². The maximum Gasteiger partial charge on any atom is 0.266 e. The van der Waals surface area contributed by atoms with Crippen LogP contribution in [0.4, 0.5) is 10.1 Å². The summed E-state index contributed by atoms with van der Waals surface area (Å²) in [6, 6.07) is 15.9. The number of nitriles is 1. The lowest BCUT2D eigenvalue weighted by molar-refractivity contribution is -0.127. The molecule has 150 valence electrons. The number of nitrogens with one attached hydrogen (secondary N) is 1. The number of carbonyl (C=O) groups excluding carboxylic acids is 1. The number of ether oxygens (including phenoxy) is 1. The number of amides is 1. The Hall–Kier alpha value is -3.53. The van der Waals surface area contributed by atoms with E-state index < -0.39 is 0 Å². The molecule has 1 saturated heterocycles. The third kappa shape index (κ3) is 5.26.